The van der Waals surface area contributed by atoms with E-state index >= 15 is 0 Å². The van der Waals surface area contributed by atoms with Gasteiger partial charge in [0.15, 0.2) is 0 Å². The van der Waals surface area contributed by atoms with Gasteiger partial charge in [0.2, 0.25) is 5.88 Å². The molecule has 34 heavy (non-hydrogen) atoms. The molecule has 0 aliphatic rings. The normalized spacial score (nSPS) is 11.5. The molecule has 0 atom stereocenters. The molecule has 2 heterocycles. The molecule has 0 aliphatic carbocycles. The Labute approximate surface area is 197 Å². The predicted octanol–water partition coefficient (Wildman–Crippen LogP) is 5.03. The molecule has 0 spiro atoms. The van der Waals surface area contributed by atoms with E-state index in [2.05, 4.69) is 19.7 Å². The number of anilines is 1. The molecule has 0 aliphatic heterocycles. The van der Waals surface area contributed by atoms with Crippen LogP contribution in [-0.4, -0.2) is 27.9 Å². The molecule has 0 radical (unpaired) electrons. The number of ether oxygens (including phenoxy) is 1. The minimum Gasteiger partial charge on any atom is -0.439 e. The van der Waals surface area contributed by atoms with Crippen molar-refractivity contribution in [2.45, 2.75) is 18.7 Å². The van der Waals surface area contributed by atoms with Crippen LogP contribution in [0.25, 0.3) is 16.6 Å². The van der Waals surface area contributed by atoms with Crippen molar-refractivity contribution in [3.63, 3.8) is 0 Å². The van der Waals surface area contributed by atoms with E-state index in [4.69, 9.17) is 4.74 Å². The molecule has 1 N–H and O–H groups in total. The summed E-state index contributed by atoms with van der Waals surface area (Å²) in [5.74, 6) is 1.51. The lowest BCUT2D eigenvalue weighted by Crippen LogP contribution is -2.12. The lowest BCUT2D eigenvalue weighted by atomic mass is 10.1. The Bertz CT molecular complexity index is 1600. The first-order chi connectivity index (χ1) is 16.4. The van der Waals surface area contributed by atoms with Gasteiger partial charge in [-0.1, -0.05) is 30.3 Å². The first kappa shape index (κ1) is 21.6. The van der Waals surface area contributed by atoms with Crippen molar-refractivity contribution < 1.29 is 13.2 Å². The van der Waals surface area contributed by atoms with Crippen molar-refractivity contribution in [1.82, 2.24) is 19.5 Å². The molecule has 0 amide bonds. The van der Waals surface area contributed by atoms with Crippen molar-refractivity contribution in [2.24, 2.45) is 0 Å². The first-order valence-corrected chi connectivity index (χ1v) is 12.0. The Hall–Kier alpha value is -4.24. The van der Waals surface area contributed by atoms with Gasteiger partial charge in [-0.3, -0.25) is 9.29 Å². The predicted molar refractivity (Wildman–Crippen MR) is 130 cm³/mol. The number of aryl methyl sites for hydroxylation is 1. The van der Waals surface area contributed by atoms with Gasteiger partial charge < -0.3 is 4.74 Å². The van der Waals surface area contributed by atoms with Gasteiger partial charge in [-0.15, -0.1) is 0 Å². The van der Waals surface area contributed by atoms with Crippen LogP contribution >= 0.6 is 0 Å². The van der Waals surface area contributed by atoms with Crippen LogP contribution in [0.3, 0.4) is 0 Å². The van der Waals surface area contributed by atoms with Gasteiger partial charge in [0, 0.05) is 17.4 Å². The summed E-state index contributed by atoms with van der Waals surface area (Å²) >= 11 is 0. The highest BCUT2D eigenvalue weighted by atomic mass is 32.2. The van der Waals surface area contributed by atoms with Crippen LogP contribution in [0.1, 0.15) is 11.4 Å². The molecule has 0 saturated carbocycles. The first-order valence-electron chi connectivity index (χ1n) is 10.5. The number of sulfonamides is 1. The summed E-state index contributed by atoms with van der Waals surface area (Å²) in [7, 11) is -3.74. The Morgan fingerprint density at radius 3 is 2.35 bits per heavy atom. The van der Waals surface area contributed by atoms with Crippen molar-refractivity contribution in [2.75, 3.05) is 4.72 Å². The average molecular weight is 472 g/mol. The van der Waals surface area contributed by atoms with Gasteiger partial charge in [-0.25, -0.2) is 23.4 Å². The summed E-state index contributed by atoms with van der Waals surface area (Å²) in [5.41, 5.74) is 2.32. The van der Waals surface area contributed by atoms with Crippen LogP contribution in [0.15, 0.2) is 90.3 Å². The van der Waals surface area contributed by atoms with Gasteiger partial charge in [-0.05, 0) is 61.0 Å². The molecule has 2 aromatic heterocycles. The van der Waals surface area contributed by atoms with Crippen molar-refractivity contribution in [1.29, 1.82) is 0 Å². The fraction of sp³-hybridized carbons (Fsp3) is 0.0800. The zero-order chi connectivity index (χ0) is 23.7. The molecule has 0 bridgehead atoms. The molecule has 9 heteroatoms. The largest absolute Gasteiger partial charge is 0.439 e. The molecule has 5 aromatic rings. The summed E-state index contributed by atoms with van der Waals surface area (Å²) in [6.07, 6.45) is 3.12. The Kier molecular flexibility index (Phi) is 5.46. The average Bonchev–Trinajstić information content (AvgIpc) is 3.18. The summed E-state index contributed by atoms with van der Waals surface area (Å²) < 4.78 is 36.0. The number of rotatable bonds is 6. The van der Waals surface area contributed by atoms with E-state index < -0.39 is 10.0 Å². The van der Waals surface area contributed by atoms with Crippen molar-refractivity contribution in [3.05, 3.63) is 96.8 Å². The Morgan fingerprint density at radius 1 is 0.853 bits per heavy atom. The SMILES string of the molecule is Cc1ncn(-c2cc(Oc3ccc(NS(=O)(=O)c4ccc5ccccc5c4)cc3)ncn2)c1C. The smallest absolute Gasteiger partial charge is 0.261 e. The van der Waals surface area contributed by atoms with Crippen LogP contribution < -0.4 is 9.46 Å². The van der Waals surface area contributed by atoms with Gasteiger partial charge in [0.25, 0.3) is 10.0 Å². The number of aromatic nitrogens is 4. The topological polar surface area (TPSA) is 99.0 Å². The molecular weight excluding hydrogens is 450 g/mol. The van der Waals surface area contributed by atoms with E-state index in [1.807, 2.05) is 42.7 Å². The second kappa shape index (κ2) is 8.60. The highest BCUT2D eigenvalue weighted by Crippen LogP contribution is 2.25. The number of nitrogens with zero attached hydrogens (tertiary/aromatic N) is 4. The maximum Gasteiger partial charge on any atom is 0.261 e. The number of benzene rings is 3. The summed E-state index contributed by atoms with van der Waals surface area (Å²) in [5, 5.41) is 1.84. The summed E-state index contributed by atoms with van der Waals surface area (Å²) in [4.78, 5) is 12.9. The third-order valence-corrected chi connectivity index (χ3v) is 6.87. The van der Waals surface area contributed by atoms with Gasteiger partial charge >= 0.3 is 0 Å². The number of nitrogens with one attached hydrogen (secondary N) is 1. The minimum absolute atomic E-state index is 0.199. The van der Waals surface area contributed by atoms with Crippen molar-refractivity contribution >= 4 is 26.5 Å². The molecule has 170 valence electrons. The van der Waals surface area contributed by atoms with E-state index in [1.165, 1.54) is 6.33 Å². The zero-order valence-electron chi connectivity index (χ0n) is 18.5. The van der Waals surface area contributed by atoms with E-state index in [0.717, 1.165) is 22.2 Å². The second-order valence-electron chi connectivity index (χ2n) is 7.74. The molecule has 0 saturated heterocycles. The molecule has 0 fully saturated rings. The minimum atomic E-state index is -3.74. The van der Waals surface area contributed by atoms with E-state index in [1.54, 1.807) is 54.9 Å². The Balaban J connectivity index is 1.32. The van der Waals surface area contributed by atoms with Gasteiger partial charge in [-0.2, -0.15) is 0 Å². The molecular formula is C25H21N5O3S. The van der Waals surface area contributed by atoms with Crippen LogP contribution in [0.4, 0.5) is 5.69 Å². The summed E-state index contributed by atoms with van der Waals surface area (Å²) in [6, 6.07) is 21.0. The fourth-order valence-electron chi connectivity index (χ4n) is 3.51. The van der Waals surface area contributed by atoms with Crippen LogP contribution in [0.5, 0.6) is 11.6 Å². The number of hydrogen-bond donors (Lipinski definition) is 1. The lowest BCUT2D eigenvalue weighted by molar-refractivity contribution is 0.461. The fourth-order valence-corrected chi connectivity index (χ4v) is 4.60. The molecule has 8 nitrogen and oxygen atoms in total. The molecule has 5 rings (SSSR count). The highest BCUT2D eigenvalue weighted by molar-refractivity contribution is 7.92. The number of hydrogen-bond acceptors (Lipinski definition) is 6. The zero-order valence-corrected chi connectivity index (χ0v) is 19.3. The van der Waals surface area contributed by atoms with Gasteiger partial charge in [0.05, 0.1) is 10.6 Å². The van der Waals surface area contributed by atoms with Crippen LogP contribution in [0, 0.1) is 13.8 Å². The number of imidazole rings is 1. The standard InChI is InChI=1S/C25H21N5O3S/c1-17-18(2)30(16-28-17)24-14-25(27-15-26-24)33-22-10-8-21(9-11-22)29-34(31,32)23-12-7-19-5-3-4-6-20(19)13-23/h3-16,29H,1-2H3. The van der Waals surface area contributed by atoms with E-state index in [-0.39, 0.29) is 4.90 Å². The lowest BCUT2D eigenvalue weighted by Gasteiger charge is -2.11. The van der Waals surface area contributed by atoms with Crippen LogP contribution in [-0.2, 0) is 10.0 Å². The maximum absolute atomic E-state index is 12.9. The highest BCUT2D eigenvalue weighted by Gasteiger charge is 2.15. The monoisotopic (exact) mass is 471 g/mol. The second-order valence-corrected chi connectivity index (χ2v) is 9.42. The van der Waals surface area contributed by atoms with Gasteiger partial charge in [0.1, 0.15) is 24.2 Å². The number of fused-ring (bicyclic) bond motifs is 1. The quantitative estimate of drug-likeness (QED) is 0.373. The molecule has 3 aromatic carbocycles. The Morgan fingerprint density at radius 2 is 1.62 bits per heavy atom. The third-order valence-electron chi connectivity index (χ3n) is 5.49. The summed E-state index contributed by atoms with van der Waals surface area (Å²) in [6.45, 7) is 3.89. The maximum atomic E-state index is 12.9. The van der Waals surface area contributed by atoms with E-state index in [0.29, 0.717) is 23.1 Å². The third kappa shape index (κ3) is 4.33. The molecule has 0 unspecified atom stereocenters. The van der Waals surface area contributed by atoms with E-state index in [9.17, 15) is 8.42 Å². The van der Waals surface area contributed by atoms with Crippen LogP contribution in [0.2, 0.25) is 0 Å². The van der Waals surface area contributed by atoms with Crippen molar-refractivity contribution in [3.8, 4) is 17.4 Å².